The highest BCUT2D eigenvalue weighted by molar-refractivity contribution is 9.10. The topological polar surface area (TPSA) is 38.1 Å². The summed E-state index contributed by atoms with van der Waals surface area (Å²) in [5.74, 6) is 0.914. The summed E-state index contributed by atoms with van der Waals surface area (Å²) in [5, 5.41) is 4.51. The minimum atomic E-state index is 0.665. The number of hydrogen-bond donors (Lipinski definition) is 1. The van der Waals surface area contributed by atoms with Crippen molar-refractivity contribution in [2.24, 2.45) is 0 Å². The van der Waals surface area contributed by atoms with E-state index in [1.54, 1.807) is 6.26 Å². The van der Waals surface area contributed by atoms with Crippen LogP contribution in [0.15, 0.2) is 51.6 Å². The fourth-order valence-electron chi connectivity index (χ4n) is 2.08. The van der Waals surface area contributed by atoms with E-state index in [9.17, 15) is 0 Å². The first kappa shape index (κ1) is 12.2. The van der Waals surface area contributed by atoms with Gasteiger partial charge in [0.25, 0.3) is 0 Å². The van der Waals surface area contributed by atoms with Gasteiger partial charge in [-0.2, -0.15) is 0 Å². The van der Waals surface area contributed by atoms with Crippen LogP contribution in [0.1, 0.15) is 11.5 Å². The van der Waals surface area contributed by atoms with Gasteiger partial charge < -0.3 is 9.73 Å². The van der Waals surface area contributed by atoms with E-state index in [1.807, 2.05) is 31.2 Å². The second kappa shape index (κ2) is 5.05. The lowest BCUT2D eigenvalue weighted by molar-refractivity contribution is 0.518. The van der Waals surface area contributed by atoms with Crippen molar-refractivity contribution in [2.75, 3.05) is 5.32 Å². The number of aryl methyl sites for hydroxylation is 1. The second-order valence-corrected chi connectivity index (χ2v) is 5.23. The van der Waals surface area contributed by atoms with Crippen molar-refractivity contribution in [1.29, 1.82) is 0 Å². The number of furan rings is 1. The van der Waals surface area contributed by atoms with E-state index in [2.05, 4.69) is 38.4 Å². The Balaban J connectivity index is 2.00. The summed E-state index contributed by atoms with van der Waals surface area (Å²) in [7, 11) is 0. The van der Waals surface area contributed by atoms with Crippen molar-refractivity contribution >= 4 is 32.5 Å². The first-order valence-corrected chi connectivity index (χ1v) is 6.85. The highest BCUT2D eigenvalue weighted by Crippen LogP contribution is 2.28. The van der Waals surface area contributed by atoms with E-state index in [0.717, 1.165) is 32.5 Å². The normalized spacial score (nSPS) is 10.8. The monoisotopic (exact) mass is 316 g/mol. The summed E-state index contributed by atoms with van der Waals surface area (Å²) in [6, 6.07) is 12.0. The largest absolute Gasteiger partial charge is 0.467 e. The summed E-state index contributed by atoms with van der Waals surface area (Å²) >= 11 is 3.55. The zero-order valence-corrected chi connectivity index (χ0v) is 12.1. The maximum Gasteiger partial charge on any atom is 0.122 e. The van der Waals surface area contributed by atoms with Crippen molar-refractivity contribution < 1.29 is 4.42 Å². The van der Waals surface area contributed by atoms with E-state index in [-0.39, 0.29) is 0 Å². The van der Waals surface area contributed by atoms with Crippen LogP contribution in [0.4, 0.5) is 5.69 Å². The zero-order valence-electron chi connectivity index (χ0n) is 10.5. The molecule has 0 bridgehead atoms. The van der Waals surface area contributed by atoms with Crippen molar-refractivity contribution in [1.82, 2.24) is 4.98 Å². The molecular formula is C15H13BrN2O. The van der Waals surface area contributed by atoms with Crippen LogP contribution < -0.4 is 5.32 Å². The van der Waals surface area contributed by atoms with Gasteiger partial charge in [-0.15, -0.1) is 0 Å². The maximum atomic E-state index is 5.33. The van der Waals surface area contributed by atoms with Crippen LogP contribution >= 0.6 is 15.9 Å². The van der Waals surface area contributed by atoms with Gasteiger partial charge in [0, 0.05) is 21.2 Å². The molecule has 0 unspecified atom stereocenters. The predicted octanol–water partition coefficient (Wildman–Crippen LogP) is 4.51. The predicted molar refractivity (Wildman–Crippen MR) is 80.2 cm³/mol. The Morgan fingerprint density at radius 1 is 1.26 bits per heavy atom. The molecule has 1 aromatic carbocycles. The number of nitrogens with one attached hydrogen (secondary N) is 1. The molecule has 1 N–H and O–H groups in total. The van der Waals surface area contributed by atoms with E-state index in [4.69, 9.17) is 4.42 Å². The molecule has 96 valence electrons. The molecule has 0 fully saturated rings. The van der Waals surface area contributed by atoms with Gasteiger partial charge in [0.05, 0.1) is 18.3 Å². The van der Waals surface area contributed by atoms with Crippen molar-refractivity contribution in [3.63, 3.8) is 0 Å². The summed E-state index contributed by atoms with van der Waals surface area (Å²) in [6.07, 6.45) is 1.68. The smallest absolute Gasteiger partial charge is 0.122 e. The van der Waals surface area contributed by atoms with Crippen molar-refractivity contribution in [3.05, 3.63) is 58.6 Å². The number of benzene rings is 1. The van der Waals surface area contributed by atoms with Gasteiger partial charge in [-0.05, 0) is 47.1 Å². The van der Waals surface area contributed by atoms with Crippen LogP contribution in [0.2, 0.25) is 0 Å². The molecule has 2 aromatic heterocycles. The molecule has 0 aliphatic rings. The summed E-state index contributed by atoms with van der Waals surface area (Å²) < 4.78 is 6.34. The van der Waals surface area contributed by atoms with E-state index >= 15 is 0 Å². The SMILES string of the molecule is Cc1cc(NCc2ccco2)c2cccc(Br)c2n1. The van der Waals surface area contributed by atoms with Gasteiger partial charge in [-0.3, -0.25) is 4.98 Å². The minimum Gasteiger partial charge on any atom is -0.467 e. The molecule has 0 aliphatic heterocycles. The fourth-order valence-corrected chi connectivity index (χ4v) is 2.54. The third-order valence-electron chi connectivity index (χ3n) is 2.95. The average Bonchev–Trinajstić information content (AvgIpc) is 2.90. The van der Waals surface area contributed by atoms with Crippen LogP contribution in [-0.4, -0.2) is 4.98 Å². The minimum absolute atomic E-state index is 0.665. The third-order valence-corrected chi connectivity index (χ3v) is 3.59. The summed E-state index contributed by atoms with van der Waals surface area (Å²) in [6.45, 7) is 2.66. The van der Waals surface area contributed by atoms with Crippen molar-refractivity contribution in [2.45, 2.75) is 13.5 Å². The Hall–Kier alpha value is -1.81. The molecule has 0 aliphatic carbocycles. The molecule has 0 radical (unpaired) electrons. The van der Waals surface area contributed by atoms with Crippen molar-refractivity contribution in [3.8, 4) is 0 Å². The van der Waals surface area contributed by atoms with Crippen LogP contribution in [0.3, 0.4) is 0 Å². The Bertz CT molecular complexity index is 707. The third kappa shape index (κ3) is 2.49. The number of halogens is 1. The molecule has 19 heavy (non-hydrogen) atoms. The first-order valence-electron chi connectivity index (χ1n) is 6.06. The molecular weight excluding hydrogens is 304 g/mol. The zero-order chi connectivity index (χ0) is 13.2. The van der Waals surface area contributed by atoms with Crippen LogP contribution in [-0.2, 0) is 6.54 Å². The standard InChI is InChI=1S/C15H13BrN2O/c1-10-8-14(17-9-11-4-3-7-19-11)12-5-2-6-13(16)15(12)18-10/h2-8H,9H2,1H3,(H,17,18). The summed E-state index contributed by atoms with van der Waals surface area (Å²) in [4.78, 5) is 4.57. The number of nitrogens with zero attached hydrogens (tertiary/aromatic N) is 1. The Morgan fingerprint density at radius 2 is 2.16 bits per heavy atom. The Kier molecular flexibility index (Phi) is 3.25. The molecule has 3 aromatic rings. The van der Waals surface area contributed by atoms with E-state index in [1.165, 1.54) is 0 Å². The van der Waals surface area contributed by atoms with Gasteiger partial charge in [-0.1, -0.05) is 12.1 Å². The lowest BCUT2D eigenvalue weighted by Crippen LogP contribution is -2.00. The molecule has 0 amide bonds. The van der Waals surface area contributed by atoms with Gasteiger partial charge in [0.1, 0.15) is 5.76 Å². The molecule has 3 nitrogen and oxygen atoms in total. The van der Waals surface area contributed by atoms with Gasteiger partial charge in [0.2, 0.25) is 0 Å². The molecule has 0 atom stereocenters. The average molecular weight is 317 g/mol. The summed E-state index contributed by atoms with van der Waals surface area (Å²) in [5.41, 5.74) is 3.03. The highest BCUT2D eigenvalue weighted by Gasteiger charge is 2.07. The van der Waals surface area contributed by atoms with Gasteiger partial charge >= 0.3 is 0 Å². The van der Waals surface area contributed by atoms with Gasteiger partial charge in [0.15, 0.2) is 0 Å². The van der Waals surface area contributed by atoms with Crippen LogP contribution in [0.25, 0.3) is 10.9 Å². The maximum absolute atomic E-state index is 5.33. The molecule has 0 saturated heterocycles. The Morgan fingerprint density at radius 3 is 2.95 bits per heavy atom. The first-order chi connectivity index (χ1) is 9.24. The quantitative estimate of drug-likeness (QED) is 0.772. The lowest BCUT2D eigenvalue weighted by atomic mass is 10.1. The number of anilines is 1. The highest BCUT2D eigenvalue weighted by atomic mass is 79.9. The van der Waals surface area contributed by atoms with E-state index < -0.39 is 0 Å². The fraction of sp³-hybridized carbons (Fsp3) is 0.133. The number of para-hydroxylation sites is 1. The molecule has 0 saturated carbocycles. The van der Waals surface area contributed by atoms with Gasteiger partial charge in [-0.25, -0.2) is 0 Å². The Labute approximate surface area is 119 Å². The molecule has 3 rings (SSSR count). The lowest BCUT2D eigenvalue weighted by Gasteiger charge is -2.10. The van der Waals surface area contributed by atoms with Crippen LogP contribution in [0, 0.1) is 6.92 Å². The number of rotatable bonds is 3. The van der Waals surface area contributed by atoms with Crippen LogP contribution in [0.5, 0.6) is 0 Å². The second-order valence-electron chi connectivity index (χ2n) is 4.38. The number of hydrogen-bond acceptors (Lipinski definition) is 3. The number of pyridine rings is 1. The molecule has 4 heteroatoms. The molecule has 2 heterocycles. The van der Waals surface area contributed by atoms with E-state index in [0.29, 0.717) is 6.54 Å². The number of aromatic nitrogens is 1. The molecule has 0 spiro atoms. The number of fused-ring (bicyclic) bond motifs is 1.